The molecule has 1 unspecified atom stereocenters. The van der Waals surface area contributed by atoms with Crippen LogP contribution in [0.15, 0.2) is 48.5 Å². The molecule has 0 aliphatic heterocycles. The molecule has 0 amide bonds. The van der Waals surface area contributed by atoms with E-state index in [4.69, 9.17) is 0 Å². The van der Waals surface area contributed by atoms with Crippen LogP contribution < -0.4 is 5.32 Å². The number of benzene rings is 2. The lowest BCUT2D eigenvalue weighted by atomic mass is 10.1. The molecule has 2 aromatic carbocycles. The lowest BCUT2D eigenvalue weighted by Crippen LogP contribution is -2.28. The molecule has 2 N–H and O–H groups in total. The minimum atomic E-state index is -0.129. The van der Waals surface area contributed by atoms with Crippen LogP contribution in [-0.2, 0) is 12.8 Å². The molecule has 0 saturated heterocycles. The summed E-state index contributed by atoms with van der Waals surface area (Å²) in [7, 11) is 0. The second-order valence-corrected chi connectivity index (χ2v) is 5.40. The van der Waals surface area contributed by atoms with Crippen molar-refractivity contribution in [2.24, 2.45) is 0 Å². The van der Waals surface area contributed by atoms with Gasteiger partial charge in [0.1, 0.15) is 11.6 Å². The number of phenols is 1. The minimum Gasteiger partial charge on any atom is -0.508 e. The maximum absolute atomic E-state index is 13.5. The molecule has 0 saturated carbocycles. The van der Waals surface area contributed by atoms with Crippen LogP contribution in [0.5, 0.6) is 5.75 Å². The largest absolute Gasteiger partial charge is 0.508 e. The number of halogens is 1. The Bertz CT molecular complexity index is 553. The van der Waals surface area contributed by atoms with E-state index in [2.05, 4.69) is 12.2 Å². The predicted molar refractivity (Wildman–Crippen MR) is 84.0 cm³/mol. The van der Waals surface area contributed by atoms with E-state index in [0.29, 0.717) is 18.2 Å². The third-order valence-corrected chi connectivity index (χ3v) is 3.65. The van der Waals surface area contributed by atoms with Gasteiger partial charge >= 0.3 is 0 Å². The first-order valence-corrected chi connectivity index (χ1v) is 7.40. The normalized spacial score (nSPS) is 12.3. The third kappa shape index (κ3) is 5.20. The number of aromatic hydroxyl groups is 1. The van der Waals surface area contributed by atoms with Gasteiger partial charge in [-0.15, -0.1) is 0 Å². The zero-order chi connectivity index (χ0) is 15.1. The summed E-state index contributed by atoms with van der Waals surface area (Å²) in [5.41, 5.74) is 1.98. The highest BCUT2D eigenvalue weighted by Gasteiger charge is 2.04. The highest BCUT2D eigenvalue weighted by molar-refractivity contribution is 5.26. The average molecular weight is 287 g/mol. The summed E-state index contributed by atoms with van der Waals surface area (Å²) in [5.74, 6) is 0.172. The molecule has 2 nitrogen and oxygen atoms in total. The fourth-order valence-corrected chi connectivity index (χ4v) is 2.30. The summed E-state index contributed by atoms with van der Waals surface area (Å²) >= 11 is 0. The Morgan fingerprint density at radius 3 is 2.48 bits per heavy atom. The number of phenolic OH excluding ortho intramolecular Hbond substituents is 1. The van der Waals surface area contributed by atoms with Gasteiger partial charge in [-0.3, -0.25) is 0 Å². The molecule has 0 aromatic heterocycles. The maximum atomic E-state index is 13.5. The Hall–Kier alpha value is -1.87. The van der Waals surface area contributed by atoms with Crippen LogP contribution in [0, 0.1) is 5.82 Å². The Kier molecular flexibility index (Phi) is 5.76. The minimum absolute atomic E-state index is 0.129. The Labute approximate surface area is 125 Å². The quantitative estimate of drug-likeness (QED) is 0.814. The van der Waals surface area contributed by atoms with Crippen LogP contribution in [0.25, 0.3) is 0 Å². The van der Waals surface area contributed by atoms with Crippen molar-refractivity contribution in [2.45, 2.75) is 32.2 Å². The topological polar surface area (TPSA) is 32.3 Å². The highest BCUT2D eigenvalue weighted by Crippen LogP contribution is 2.12. The molecule has 0 aliphatic rings. The van der Waals surface area contributed by atoms with Gasteiger partial charge in [0, 0.05) is 6.04 Å². The third-order valence-electron chi connectivity index (χ3n) is 3.65. The number of rotatable bonds is 7. The Morgan fingerprint density at radius 2 is 1.76 bits per heavy atom. The molecule has 3 heteroatoms. The second-order valence-electron chi connectivity index (χ2n) is 5.40. The molecule has 112 valence electrons. The molecule has 0 aliphatic carbocycles. The van der Waals surface area contributed by atoms with Gasteiger partial charge in [-0.1, -0.05) is 30.3 Å². The van der Waals surface area contributed by atoms with Gasteiger partial charge in [0.15, 0.2) is 0 Å². The van der Waals surface area contributed by atoms with Crippen LogP contribution in [0.4, 0.5) is 4.39 Å². The molecule has 0 bridgehead atoms. The van der Waals surface area contributed by atoms with E-state index in [0.717, 1.165) is 24.9 Å². The van der Waals surface area contributed by atoms with Crippen molar-refractivity contribution in [3.05, 3.63) is 65.5 Å². The molecule has 0 fully saturated rings. The van der Waals surface area contributed by atoms with E-state index in [1.165, 1.54) is 11.6 Å². The van der Waals surface area contributed by atoms with Gasteiger partial charge in [-0.25, -0.2) is 4.39 Å². The number of hydrogen-bond acceptors (Lipinski definition) is 2. The summed E-state index contributed by atoms with van der Waals surface area (Å²) in [6, 6.07) is 14.6. The molecule has 0 heterocycles. The molecule has 21 heavy (non-hydrogen) atoms. The highest BCUT2D eigenvalue weighted by atomic mass is 19.1. The number of aryl methyl sites for hydroxylation is 1. The van der Waals surface area contributed by atoms with E-state index in [1.54, 1.807) is 18.2 Å². The van der Waals surface area contributed by atoms with Gasteiger partial charge in [0.25, 0.3) is 0 Å². The van der Waals surface area contributed by atoms with Crippen LogP contribution in [0.1, 0.15) is 24.5 Å². The monoisotopic (exact) mass is 287 g/mol. The zero-order valence-corrected chi connectivity index (χ0v) is 12.3. The van der Waals surface area contributed by atoms with Gasteiger partial charge in [0.2, 0.25) is 0 Å². The second kappa shape index (κ2) is 7.79. The van der Waals surface area contributed by atoms with Crippen molar-refractivity contribution >= 4 is 0 Å². The summed E-state index contributed by atoms with van der Waals surface area (Å²) < 4.78 is 13.5. The molecule has 2 aromatic rings. The summed E-state index contributed by atoms with van der Waals surface area (Å²) in [6.07, 6.45) is 2.69. The number of hydrogen-bond donors (Lipinski definition) is 2. The molecule has 0 spiro atoms. The van der Waals surface area contributed by atoms with Crippen molar-refractivity contribution in [1.82, 2.24) is 5.32 Å². The summed E-state index contributed by atoms with van der Waals surface area (Å²) in [6.45, 7) is 2.92. The molecular formula is C18H22FNO. The van der Waals surface area contributed by atoms with E-state index in [9.17, 15) is 9.50 Å². The standard InChI is InChI=1S/C18H22FNO/c1-14(6-7-15-8-10-17(21)11-9-15)20-13-12-16-4-2-3-5-18(16)19/h2-5,8-11,14,20-21H,6-7,12-13H2,1H3. The smallest absolute Gasteiger partial charge is 0.126 e. The van der Waals surface area contributed by atoms with Crippen LogP contribution in [-0.4, -0.2) is 17.7 Å². The van der Waals surface area contributed by atoms with Gasteiger partial charge < -0.3 is 10.4 Å². The number of nitrogens with one attached hydrogen (secondary N) is 1. The van der Waals surface area contributed by atoms with Crippen LogP contribution in [0.3, 0.4) is 0 Å². The van der Waals surface area contributed by atoms with E-state index < -0.39 is 0 Å². The molecule has 2 rings (SSSR count). The van der Waals surface area contributed by atoms with Crippen molar-refractivity contribution < 1.29 is 9.50 Å². The molecule has 1 atom stereocenters. The fourth-order valence-electron chi connectivity index (χ4n) is 2.30. The molecular weight excluding hydrogens is 265 g/mol. The van der Waals surface area contributed by atoms with Gasteiger partial charge in [-0.2, -0.15) is 0 Å². The van der Waals surface area contributed by atoms with E-state index in [-0.39, 0.29) is 5.82 Å². The van der Waals surface area contributed by atoms with Crippen LogP contribution in [0.2, 0.25) is 0 Å². The van der Waals surface area contributed by atoms with E-state index in [1.807, 2.05) is 24.3 Å². The zero-order valence-electron chi connectivity index (χ0n) is 12.3. The maximum Gasteiger partial charge on any atom is 0.126 e. The Morgan fingerprint density at radius 1 is 1.05 bits per heavy atom. The average Bonchev–Trinajstić information content (AvgIpc) is 2.49. The summed E-state index contributed by atoms with van der Waals surface area (Å²) in [5, 5.41) is 12.7. The SMILES string of the molecule is CC(CCc1ccc(O)cc1)NCCc1ccccc1F. The predicted octanol–water partition coefficient (Wildman–Crippen LogP) is 3.68. The fraction of sp³-hybridized carbons (Fsp3) is 0.333. The molecule has 0 radical (unpaired) electrons. The first-order valence-electron chi connectivity index (χ1n) is 7.40. The first kappa shape index (κ1) is 15.5. The lowest BCUT2D eigenvalue weighted by molar-refractivity contribution is 0.474. The van der Waals surface area contributed by atoms with Gasteiger partial charge in [0.05, 0.1) is 0 Å². The van der Waals surface area contributed by atoms with Crippen molar-refractivity contribution in [2.75, 3.05) is 6.54 Å². The van der Waals surface area contributed by atoms with Crippen molar-refractivity contribution in [3.63, 3.8) is 0 Å². The van der Waals surface area contributed by atoms with E-state index >= 15 is 0 Å². The van der Waals surface area contributed by atoms with Crippen molar-refractivity contribution in [3.8, 4) is 5.75 Å². The Balaban J connectivity index is 1.69. The van der Waals surface area contributed by atoms with Crippen LogP contribution >= 0.6 is 0 Å². The first-order chi connectivity index (χ1) is 10.1. The van der Waals surface area contributed by atoms with Crippen molar-refractivity contribution in [1.29, 1.82) is 0 Å². The summed E-state index contributed by atoms with van der Waals surface area (Å²) in [4.78, 5) is 0. The van der Waals surface area contributed by atoms with Gasteiger partial charge in [-0.05, 0) is 62.1 Å². The lowest BCUT2D eigenvalue weighted by Gasteiger charge is -2.14.